The average molecular weight is 430 g/mol. The number of halogens is 2. The molecule has 4 rings (SSSR count). The Morgan fingerprint density at radius 1 is 1.04 bits per heavy atom. The van der Waals surface area contributed by atoms with Crippen LogP contribution in [0.3, 0.4) is 0 Å². The van der Waals surface area contributed by atoms with Crippen molar-refractivity contribution in [2.75, 3.05) is 11.9 Å². The first-order valence-corrected chi connectivity index (χ1v) is 10.3. The maximum atomic E-state index is 6.58. The van der Waals surface area contributed by atoms with Gasteiger partial charge in [-0.05, 0) is 79.2 Å². The van der Waals surface area contributed by atoms with Gasteiger partial charge in [-0.3, -0.25) is 0 Å². The molecule has 3 nitrogen and oxygen atoms in total. The first kappa shape index (κ1) is 19.3. The van der Waals surface area contributed by atoms with Crippen molar-refractivity contribution in [1.29, 1.82) is 0 Å². The van der Waals surface area contributed by atoms with E-state index in [1.165, 1.54) is 16.8 Å². The van der Waals surface area contributed by atoms with E-state index in [0.29, 0.717) is 15.2 Å². The van der Waals surface area contributed by atoms with E-state index >= 15 is 0 Å². The van der Waals surface area contributed by atoms with Crippen molar-refractivity contribution >= 4 is 46.2 Å². The lowest BCUT2D eigenvalue weighted by Crippen LogP contribution is -2.44. The Balaban J connectivity index is 1.71. The number of rotatable bonds is 2. The van der Waals surface area contributed by atoms with Crippen molar-refractivity contribution in [3.8, 4) is 0 Å². The van der Waals surface area contributed by atoms with E-state index in [4.69, 9.17) is 35.4 Å². The summed E-state index contributed by atoms with van der Waals surface area (Å²) < 4.78 is 2.26. The molecule has 1 N–H and O–H groups in total. The summed E-state index contributed by atoms with van der Waals surface area (Å²) in [5.74, 6) is 0. The molecule has 0 saturated heterocycles. The number of aromatic nitrogens is 1. The number of aryl methyl sites for hydroxylation is 2. The highest BCUT2D eigenvalue weighted by Crippen LogP contribution is 2.37. The van der Waals surface area contributed by atoms with Crippen LogP contribution >= 0.6 is 35.4 Å². The van der Waals surface area contributed by atoms with Crippen LogP contribution in [0.4, 0.5) is 5.69 Å². The Kier molecular flexibility index (Phi) is 5.37. The number of nitrogens with zero attached hydrogens (tertiary/aromatic N) is 2. The van der Waals surface area contributed by atoms with Crippen molar-refractivity contribution in [1.82, 2.24) is 9.47 Å². The topological polar surface area (TPSA) is 20.2 Å². The molecule has 0 saturated carbocycles. The van der Waals surface area contributed by atoms with Gasteiger partial charge in [-0.25, -0.2) is 0 Å². The van der Waals surface area contributed by atoms with Gasteiger partial charge < -0.3 is 14.8 Å². The molecule has 144 valence electrons. The summed E-state index contributed by atoms with van der Waals surface area (Å²) in [4.78, 5) is 2.21. The number of thiocarbonyl (C=S) groups is 1. The summed E-state index contributed by atoms with van der Waals surface area (Å²) in [6, 6.07) is 16.1. The van der Waals surface area contributed by atoms with Gasteiger partial charge in [-0.2, -0.15) is 0 Å². The molecule has 0 radical (unpaired) electrons. The van der Waals surface area contributed by atoms with E-state index in [1.807, 2.05) is 12.1 Å². The molecule has 0 amide bonds. The number of hydrogen-bond donors (Lipinski definition) is 1. The lowest BCUT2D eigenvalue weighted by Gasteiger charge is -2.39. The Hall–Kier alpha value is -2.01. The van der Waals surface area contributed by atoms with Gasteiger partial charge in [0.1, 0.15) is 0 Å². The molecular formula is C22H21Cl2N3S. The Labute approximate surface area is 180 Å². The lowest BCUT2D eigenvalue weighted by atomic mass is 10.00. The molecule has 3 aromatic rings. The molecule has 0 fully saturated rings. The zero-order valence-electron chi connectivity index (χ0n) is 15.7. The minimum Gasteiger partial charge on any atom is -0.348 e. The van der Waals surface area contributed by atoms with E-state index in [-0.39, 0.29) is 6.04 Å². The molecule has 28 heavy (non-hydrogen) atoms. The SMILES string of the molecule is Cc1cc(C)cc(NC(=S)N2CCn3cccc3C2c2ccc(Cl)cc2Cl)c1. The van der Waals surface area contributed by atoms with E-state index < -0.39 is 0 Å². The fourth-order valence-electron chi connectivity index (χ4n) is 3.89. The van der Waals surface area contributed by atoms with E-state index in [2.05, 4.69) is 65.2 Å². The van der Waals surface area contributed by atoms with Crippen LogP contribution in [-0.2, 0) is 6.54 Å². The molecule has 1 aliphatic heterocycles. The summed E-state index contributed by atoms with van der Waals surface area (Å²) in [6.45, 7) is 5.84. The third kappa shape index (κ3) is 3.77. The van der Waals surface area contributed by atoms with Gasteiger partial charge in [-0.15, -0.1) is 0 Å². The van der Waals surface area contributed by atoms with Crippen molar-refractivity contribution < 1.29 is 0 Å². The quantitative estimate of drug-likeness (QED) is 0.488. The molecule has 0 bridgehead atoms. The van der Waals surface area contributed by atoms with Gasteiger partial charge in [0, 0.05) is 40.7 Å². The molecule has 1 aromatic heterocycles. The van der Waals surface area contributed by atoms with E-state index in [1.54, 1.807) is 6.07 Å². The highest BCUT2D eigenvalue weighted by molar-refractivity contribution is 7.80. The summed E-state index contributed by atoms with van der Waals surface area (Å²) in [5, 5.41) is 5.39. The normalized spacial score (nSPS) is 16.0. The largest absolute Gasteiger partial charge is 0.348 e. The van der Waals surface area contributed by atoms with Gasteiger partial charge >= 0.3 is 0 Å². The Bertz CT molecular complexity index is 1020. The summed E-state index contributed by atoms with van der Waals surface area (Å²) in [5.41, 5.74) is 5.57. The van der Waals surface area contributed by atoms with Crippen LogP contribution in [0.15, 0.2) is 54.7 Å². The molecule has 2 aromatic carbocycles. The fraction of sp³-hybridized carbons (Fsp3) is 0.227. The van der Waals surface area contributed by atoms with E-state index in [9.17, 15) is 0 Å². The molecule has 6 heteroatoms. The van der Waals surface area contributed by atoms with Crippen LogP contribution < -0.4 is 5.32 Å². The second-order valence-electron chi connectivity index (χ2n) is 7.19. The monoisotopic (exact) mass is 429 g/mol. The smallest absolute Gasteiger partial charge is 0.174 e. The predicted molar refractivity (Wildman–Crippen MR) is 122 cm³/mol. The van der Waals surface area contributed by atoms with Gasteiger partial charge in [0.05, 0.1) is 6.04 Å². The van der Waals surface area contributed by atoms with Crippen molar-refractivity contribution in [2.45, 2.75) is 26.4 Å². The minimum atomic E-state index is -0.0700. The number of benzene rings is 2. The van der Waals surface area contributed by atoms with Crippen molar-refractivity contribution in [3.63, 3.8) is 0 Å². The standard InChI is InChI=1S/C22H21Cl2N3S/c1-14-10-15(2)12-17(11-14)25-22(28)27-9-8-26-7-3-4-20(26)21(27)18-6-5-16(23)13-19(18)24/h3-7,10-13,21H,8-9H2,1-2H3,(H,25,28). The number of nitrogens with one attached hydrogen (secondary N) is 1. The maximum Gasteiger partial charge on any atom is 0.174 e. The number of anilines is 1. The Morgan fingerprint density at radius 3 is 2.50 bits per heavy atom. The molecule has 0 aliphatic carbocycles. The molecule has 1 unspecified atom stereocenters. The number of fused-ring (bicyclic) bond motifs is 1. The van der Waals surface area contributed by atoms with Crippen LogP contribution in [0.25, 0.3) is 0 Å². The van der Waals surface area contributed by atoms with Crippen LogP contribution in [0.1, 0.15) is 28.4 Å². The van der Waals surface area contributed by atoms with Crippen molar-refractivity contribution in [3.05, 3.63) is 87.2 Å². The maximum absolute atomic E-state index is 6.58. The lowest BCUT2D eigenvalue weighted by molar-refractivity contribution is 0.293. The predicted octanol–water partition coefficient (Wildman–Crippen LogP) is 6.21. The van der Waals surface area contributed by atoms with Gasteiger partial charge in [0.15, 0.2) is 5.11 Å². The first-order chi connectivity index (χ1) is 13.4. The summed E-state index contributed by atoms with van der Waals surface area (Å²) in [6.07, 6.45) is 2.10. The second-order valence-corrected chi connectivity index (χ2v) is 8.43. The van der Waals surface area contributed by atoms with Gasteiger partial charge in [0.2, 0.25) is 0 Å². The van der Waals surface area contributed by atoms with Crippen LogP contribution in [-0.4, -0.2) is 21.1 Å². The van der Waals surface area contributed by atoms with Crippen molar-refractivity contribution in [2.24, 2.45) is 0 Å². The highest BCUT2D eigenvalue weighted by atomic mass is 35.5. The first-order valence-electron chi connectivity index (χ1n) is 9.18. The second kappa shape index (κ2) is 7.78. The molecular weight excluding hydrogens is 409 g/mol. The third-order valence-electron chi connectivity index (χ3n) is 5.03. The molecule has 1 aliphatic rings. The highest BCUT2D eigenvalue weighted by Gasteiger charge is 2.32. The van der Waals surface area contributed by atoms with Crippen LogP contribution in [0, 0.1) is 13.8 Å². The van der Waals surface area contributed by atoms with Crippen LogP contribution in [0.5, 0.6) is 0 Å². The average Bonchev–Trinajstić information content (AvgIpc) is 3.09. The van der Waals surface area contributed by atoms with E-state index in [0.717, 1.165) is 24.3 Å². The zero-order chi connectivity index (χ0) is 19.8. The third-order valence-corrected chi connectivity index (χ3v) is 5.93. The van der Waals surface area contributed by atoms with Gasteiger partial charge in [-0.1, -0.05) is 35.3 Å². The molecule has 1 atom stereocenters. The fourth-order valence-corrected chi connectivity index (χ4v) is 4.72. The Morgan fingerprint density at radius 2 is 1.79 bits per heavy atom. The minimum absolute atomic E-state index is 0.0700. The number of hydrogen-bond acceptors (Lipinski definition) is 1. The van der Waals surface area contributed by atoms with Crippen LogP contribution in [0.2, 0.25) is 10.0 Å². The van der Waals surface area contributed by atoms with Gasteiger partial charge in [0.25, 0.3) is 0 Å². The molecule has 2 heterocycles. The summed E-state index contributed by atoms with van der Waals surface area (Å²) >= 11 is 18.5. The zero-order valence-corrected chi connectivity index (χ0v) is 18.1. The summed E-state index contributed by atoms with van der Waals surface area (Å²) in [7, 11) is 0. The molecule has 0 spiro atoms.